The number of rotatable bonds is 3. The normalized spacial score (nSPS) is 19.2. The molecule has 0 fully saturated rings. The lowest BCUT2D eigenvalue weighted by molar-refractivity contribution is 0.467. The van der Waals surface area contributed by atoms with Gasteiger partial charge in [-0.25, -0.2) is 0 Å². The van der Waals surface area contributed by atoms with E-state index in [0.717, 1.165) is 18.5 Å². The SMILES string of the molecule is CNC(c1cccnc1C)C1CCc2cccnc21. The third-order valence-corrected chi connectivity index (χ3v) is 4.10. The molecule has 2 unspecified atom stereocenters. The van der Waals surface area contributed by atoms with Crippen molar-refractivity contribution in [3.05, 3.63) is 59.2 Å². The molecule has 1 N–H and O–H groups in total. The molecule has 2 aromatic rings. The fraction of sp³-hybridized carbons (Fsp3) is 0.375. The second-order valence-electron chi connectivity index (χ2n) is 5.14. The van der Waals surface area contributed by atoms with Gasteiger partial charge in [-0.2, -0.15) is 0 Å². The Kier molecular flexibility index (Phi) is 3.30. The molecule has 2 heterocycles. The first-order valence-electron chi connectivity index (χ1n) is 6.84. The van der Waals surface area contributed by atoms with Crippen molar-refractivity contribution in [3.63, 3.8) is 0 Å². The van der Waals surface area contributed by atoms with Gasteiger partial charge < -0.3 is 5.32 Å². The van der Waals surface area contributed by atoms with Gasteiger partial charge in [-0.15, -0.1) is 0 Å². The summed E-state index contributed by atoms with van der Waals surface area (Å²) in [7, 11) is 2.03. The predicted molar refractivity (Wildman–Crippen MR) is 76.1 cm³/mol. The maximum Gasteiger partial charge on any atom is 0.0485 e. The topological polar surface area (TPSA) is 37.8 Å². The van der Waals surface area contributed by atoms with Crippen molar-refractivity contribution in [2.24, 2.45) is 0 Å². The Bertz CT molecular complexity index is 580. The molecule has 1 aliphatic carbocycles. The molecule has 0 aliphatic heterocycles. The van der Waals surface area contributed by atoms with E-state index in [2.05, 4.69) is 34.3 Å². The Morgan fingerprint density at radius 2 is 2.00 bits per heavy atom. The highest BCUT2D eigenvalue weighted by Crippen LogP contribution is 2.40. The van der Waals surface area contributed by atoms with Gasteiger partial charge in [-0.05, 0) is 50.1 Å². The third-order valence-electron chi connectivity index (χ3n) is 4.10. The van der Waals surface area contributed by atoms with Crippen molar-refractivity contribution in [3.8, 4) is 0 Å². The van der Waals surface area contributed by atoms with Crippen molar-refractivity contribution < 1.29 is 0 Å². The predicted octanol–water partition coefficient (Wildman–Crippen LogP) is 2.78. The molecule has 3 nitrogen and oxygen atoms in total. The largest absolute Gasteiger partial charge is 0.312 e. The van der Waals surface area contributed by atoms with Crippen LogP contribution in [0.1, 0.15) is 40.9 Å². The Labute approximate surface area is 114 Å². The summed E-state index contributed by atoms with van der Waals surface area (Å²) in [5.41, 5.74) is 5.04. The quantitative estimate of drug-likeness (QED) is 0.914. The maximum absolute atomic E-state index is 4.60. The van der Waals surface area contributed by atoms with E-state index in [1.165, 1.54) is 16.8 Å². The molecule has 2 atom stereocenters. The number of nitrogens with one attached hydrogen (secondary N) is 1. The molecule has 1 aliphatic rings. The van der Waals surface area contributed by atoms with Crippen LogP contribution in [0.25, 0.3) is 0 Å². The number of aromatic nitrogens is 2. The van der Waals surface area contributed by atoms with E-state index in [1.54, 1.807) is 0 Å². The molecular weight excluding hydrogens is 234 g/mol. The number of likely N-dealkylation sites (N-methyl/N-ethyl adjacent to an activating group) is 1. The third kappa shape index (κ3) is 2.15. The van der Waals surface area contributed by atoms with Crippen LogP contribution in [0.15, 0.2) is 36.7 Å². The van der Waals surface area contributed by atoms with E-state index in [0.29, 0.717) is 12.0 Å². The first kappa shape index (κ1) is 12.3. The highest BCUT2D eigenvalue weighted by atomic mass is 14.9. The summed E-state index contributed by atoms with van der Waals surface area (Å²) in [6.45, 7) is 2.08. The van der Waals surface area contributed by atoms with Crippen molar-refractivity contribution in [1.82, 2.24) is 15.3 Å². The maximum atomic E-state index is 4.60. The molecule has 0 amide bonds. The summed E-state index contributed by atoms with van der Waals surface area (Å²) < 4.78 is 0. The smallest absolute Gasteiger partial charge is 0.0485 e. The Morgan fingerprint density at radius 3 is 2.79 bits per heavy atom. The zero-order valence-corrected chi connectivity index (χ0v) is 11.4. The van der Waals surface area contributed by atoms with E-state index in [4.69, 9.17) is 0 Å². The minimum atomic E-state index is 0.296. The van der Waals surface area contributed by atoms with Crippen LogP contribution in [-0.2, 0) is 6.42 Å². The standard InChI is InChI=1S/C16H19N3/c1-11-13(6-4-9-18-11)16(17-2)14-8-7-12-5-3-10-19-15(12)14/h3-6,9-10,14,16-17H,7-8H2,1-2H3. The zero-order chi connectivity index (χ0) is 13.2. The van der Waals surface area contributed by atoms with Crippen LogP contribution in [0.3, 0.4) is 0 Å². The average Bonchev–Trinajstić information content (AvgIpc) is 2.86. The van der Waals surface area contributed by atoms with Gasteiger partial charge >= 0.3 is 0 Å². The van der Waals surface area contributed by atoms with Crippen molar-refractivity contribution >= 4 is 0 Å². The number of nitrogens with zero attached hydrogens (tertiary/aromatic N) is 2. The Hall–Kier alpha value is -1.74. The molecule has 3 heteroatoms. The summed E-state index contributed by atoms with van der Waals surface area (Å²) in [5, 5.41) is 3.46. The van der Waals surface area contributed by atoms with Crippen LogP contribution in [-0.4, -0.2) is 17.0 Å². The number of pyridine rings is 2. The van der Waals surface area contributed by atoms with Crippen LogP contribution in [0, 0.1) is 6.92 Å². The minimum absolute atomic E-state index is 0.296. The summed E-state index contributed by atoms with van der Waals surface area (Å²) in [4.78, 5) is 9.02. The average molecular weight is 253 g/mol. The van der Waals surface area contributed by atoms with Gasteiger partial charge in [0.2, 0.25) is 0 Å². The van der Waals surface area contributed by atoms with E-state index in [1.807, 2.05) is 31.6 Å². The van der Waals surface area contributed by atoms with Crippen LogP contribution < -0.4 is 5.32 Å². The van der Waals surface area contributed by atoms with E-state index in [9.17, 15) is 0 Å². The number of hydrogen-bond donors (Lipinski definition) is 1. The first-order valence-corrected chi connectivity index (χ1v) is 6.84. The first-order chi connectivity index (χ1) is 9.31. The molecule has 0 bridgehead atoms. The molecule has 0 spiro atoms. The van der Waals surface area contributed by atoms with Gasteiger partial charge in [0, 0.05) is 35.7 Å². The van der Waals surface area contributed by atoms with Crippen molar-refractivity contribution in [2.75, 3.05) is 7.05 Å². The molecule has 0 saturated carbocycles. The zero-order valence-electron chi connectivity index (χ0n) is 11.4. The summed E-state index contributed by atoms with van der Waals surface area (Å²) in [6, 6.07) is 8.71. The van der Waals surface area contributed by atoms with Gasteiger partial charge in [0.05, 0.1) is 0 Å². The molecule has 3 rings (SSSR count). The number of hydrogen-bond acceptors (Lipinski definition) is 3. The van der Waals surface area contributed by atoms with Gasteiger partial charge in [-0.3, -0.25) is 9.97 Å². The number of fused-ring (bicyclic) bond motifs is 1. The molecule has 98 valence electrons. The summed E-state index contributed by atoms with van der Waals surface area (Å²) in [6.07, 6.45) is 6.05. The van der Waals surface area contributed by atoms with Crippen molar-refractivity contribution in [2.45, 2.75) is 31.7 Å². The highest BCUT2D eigenvalue weighted by molar-refractivity contribution is 5.34. The van der Waals surface area contributed by atoms with Crippen LogP contribution in [0.2, 0.25) is 0 Å². The second kappa shape index (κ2) is 5.10. The number of aryl methyl sites for hydroxylation is 2. The Morgan fingerprint density at radius 1 is 1.21 bits per heavy atom. The molecule has 0 radical (unpaired) electrons. The Balaban J connectivity index is 1.99. The molecule has 0 saturated heterocycles. The molecule has 19 heavy (non-hydrogen) atoms. The second-order valence-corrected chi connectivity index (χ2v) is 5.14. The van der Waals surface area contributed by atoms with E-state index < -0.39 is 0 Å². The van der Waals surface area contributed by atoms with E-state index >= 15 is 0 Å². The van der Waals surface area contributed by atoms with Gasteiger partial charge in [-0.1, -0.05) is 12.1 Å². The molecule has 2 aromatic heterocycles. The summed E-state index contributed by atoms with van der Waals surface area (Å²) in [5.74, 6) is 0.448. The minimum Gasteiger partial charge on any atom is -0.312 e. The fourth-order valence-electron chi connectivity index (χ4n) is 3.17. The van der Waals surface area contributed by atoms with Crippen LogP contribution in [0.4, 0.5) is 0 Å². The lowest BCUT2D eigenvalue weighted by Gasteiger charge is -2.24. The monoisotopic (exact) mass is 253 g/mol. The van der Waals surface area contributed by atoms with Crippen molar-refractivity contribution in [1.29, 1.82) is 0 Å². The highest BCUT2D eigenvalue weighted by Gasteiger charge is 2.31. The lowest BCUT2D eigenvalue weighted by atomic mass is 9.90. The van der Waals surface area contributed by atoms with Crippen LogP contribution in [0.5, 0.6) is 0 Å². The van der Waals surface area contributed by atoms with Gasteiger partial charge in [0.25, 0.3) is 0 Å². The van der Waals surface area contributed by atoms with Gasteiger partial charge in [0.1, 0.15) is 0 Å². The molecule has 0 aromatic carbocycles. The summed E-state index contributed by atoms with van der Waals surface area (Å²) >= 11 is 0. The van der Waals surface area contributed by atoms with Gasteiger partial charge in [0.15, 0.2) is 0 Å². The fourth-order valence-corrected chi connectivity index (χ4v) is 3.17. The molecular formula is C16H19N3. The van der Waals surface area contributed by atoms with E-state index in [-0.39, 0.29) is 0 Å². The lowest BCUT2D eigenvalue weighted by Crippen LogP contribution is -2.24. The van der Waals surface area contributed by atoms with Crippen LogP contribution >= 0.6 is 0 Å².